The first-order valence-corrected chi connectivity index (χ1v) is 7.84. The van der Waals surface area contributed by atoms with Gasteiger partial charge in [-0.25, -0.2) is 0 Å². The minimum absolute atomic E-state index is 0.0380. The van der Waals surface area contributed by atoms with E-state index in [-0.39, 0.29) is 5.91 Å². The van der Waals surface area contributed by atoms with Gasteiger partial charge in [0.05, 0.1) is 0 Å². The van der Waals surface area contributed by atoms with E-state index in [9.17, 15) is 4.79 Å². The number of hydrogen-bond donors (Lipinski definition) is 2. The lowest BCUT2D eigenvalue weighted by Crippen LogP contribution is -2.38. The molecule has 3 rings (SSSR count). The standard InChI is InChI=1S/C17H23N3O/c1-2-20-9-6-13(7-10-20)12-19-17(21)15-3-4-16-14(11-15)5-8-18-16/h3-5,8,11,13,18H,2,6-7,9-10,12H2,1H3,(H,19,21). The summed E-state index contributed by atoms with van der Waals surface area (Å²) < 4.78 is 0. The van der Waals surface area contributed by atoms with Crippen LogP contribution < -0.4 is 5.32 Å². The first-order valence-electron chi connectivity index (χ1n) is 7.84. The number of rotatable bonds is 4. The maximum atomic E-state index is 12.2. The number of piperidine rings is 1. The van der Waals surface area contributed by atoms with Gasteiger partial charge in [0.15, 0.2) is 0 Å². The number of nitrogens with one attached hydrogen (secondary N) is 2. The number of nitrogens with zero attached hydrogens (tertiary/aromatic N) is 1. The van der Waals surface area contributed by atoms with Crippen molar-refractivity contribution in [3.63, 3.8) is 0 Å². The average molecular weight is 285 g/mol. The van der Waals surface area contributed by atoms with Crippen LogP contribution >= 0.6 is 0 Å². The summed E-state index contributed by atoms with van der Waals surface area (Å²) in [6, 6.07) is 7.78. The summed E-state index contributed by atoms with van der Waals surface area (Å²) in [4.78, 5) is 17.9. The van der Waals surface area contributed by atoms with E-state index in [0.29, 0.717) is 5.92 Å². The molecule has 1 aliphatic rings. The Labute approximate surface area is 125 Å². The van der Waals surface area contributed by atoms with Gasteiger partial charge in [-0.05, 0) is 62.7 Å². The highest BCUT2D eigenvalue weighted by molar-refractivity contribution is 5.98. The molecular formula is C17H23N3O. The van der Waals surface area contributed by atoms with Crippen LogP contribution in [0.1, 0.15) is 30.1 Å². The van der Waals surface area contributed by atoms with Crippen molar-refractivity contribution in [2.75, 3.05) is 26.2 Å². The van der Waals surface area contributed by atoms with E-state index in [2.05, 4.69) is 22.1 Å². The maximum Gasteiger partial charge on any atom is 0.251 e. The van der Waals surface area contributed by atoms with Crippen molar-refractivity contribution < 1.29 is 4.79 Å². The van der Waals surface area contributed by atoms with Crippen molar-refractivity contribution in [3.05, 3.63) is 36.0 Å². The van der Waals surface area contributed by atoms with Gasteiger partial charge in [-0.3, -0.25) is 4.79 Å². The molecule has 1 aromatic heterocycles. The fourth-order valence-electron chi connectivity index (χ4n) is 3.04. The van der Waals surface area contributed by atoms with Gasteiger partial charge in [-0.1, -0.05) is 6.92 Å². The van der Waals surface area contributed by atoms with Crippen LogP contribution in [-0.4, -0.2) is 42.0 Å². The molecule has 112 valence electrons. The van der Waals surface area contributed by atoms with Crippen LogP contribution in [-0.2, 0) is 0 Å². The summed E-state index contributed by atoms with van der Waals surface area (Å²) in [5.74, 6) is 0.656. The van der Waals surface area contributed by atoms with E-state index in [1.54, 1.807) is 0 Å². The van der Waals surface area contributed by atoms with Crippen LogP contribution in [0.3, 0.4) is 0 Å². The van der Waals surface area contributed by atoms with E-state index in [1.165, 1.54) is 12.8 Å². The van der Waals surface area contributed by atoms with Gasteiger partial charge >= 0.3 is 0 Å². The monoisotopic (exact) mass is 285 g/mol. The quantitative estimate of drug-likeness (QED) is 0.907. The molecule has 1 saturated heterocycles. The predicted molar refractivity (Wildman–Crippen MR) is 85.5 cm³/mol. The van der Waals surface area contributed by atoms with E-state index < -0.39 is 0 Å². The second kappa shape index (κ2) is 6.31. The number of fused-ring (bicyclic) bond motifs is 1. The fourth-order valence-corrected chi connectivity index (χ4v) is 3.04. The molecule has 0 bridgehead atoms. The predicted octanol–water partition coefficient (Wildman–Crippen LogP) is 2.63. The molecule has 0 saturated carbocycles. The Hall–Kier alpha value is -1.81. The normalized spacial score (nSPS) is 17.2. The number of benzene rings is 1. The SMILES string of the molecule is CCN1CCC(CNC(=O)c2ccc3[nH]ccc3c2)CC1. The Morgan fingerprint density at radius 3 is 2.90 bits per heavy atom. The summed E-state index contributed by atoms with van der Waals surface area (Å²) in [7, 11) is 0. The van der Waals surface area contributed by atoms with Crippen LogP contribution in [0.4, 0.5) is 0 Å². The summed E-state index contributed by atoms with van der Waals surface area (Å²) >= 11 is 0. The van der Waals surface area contributed by atoms with Gasteiger partial charge in [-0.2, -0.15) is 0 Å². The third-order valence-corrected chi connectivity index (χ3v) is 4.52. The second-order valence-corrected chi connectivity index (χ2v) is 5.87. The van der Waals surface area contributed by atoms with E-state index >= 15 is 0 Å². The molecule has 0 spiro atoms. The van der Waals surface area contributed by atoms with Gasteiger partial charge in [0.2, 0.25) is 0 Å². The minimum Gasteiger partial charge on any atom is -0.361 e. The Balaban J connectivity index is 1.54. The molecule has 4 heteroatoms. The molecular weight excluding hydrogens is 262 g/mol. The third-order valence-electron chi connectivity index (χ3n) is 4.52. The third kappa shape index (κ3) is 3.27. The Morgan fingerprint density at radius 1 is 1.33 bits per heavy atom. The molecule has 1 aliphatic heterocycles. The molecule has 0 atom stereocenters. The highest BCUT2D eigenvalue weighted by atomic mass is 16.1. The minimum atomic E-state index is 0.0380. The van der Waals surface area contributed by atoms with Crippen molar-refractivity contribution >= 4 is 16.8 Å². The smallest absolute Gasteiger partial charge is 0.251 e. The van der Waals surface area contributed by atoms with Gasteiger partial charge < -0.3 is 15.2 Å². The second-order valence-electron chi connectivity index (χ2n) is 5.87. The summed E-state index contributed by atoms with van der Waals surface area (Å²) in [5, 5.41) is 4.17. The molecule has 4 nitrogen and oxygen atoms in total. The zero-order valence-electron chi connectivity index (χ0n) is 12.6. The fraction of sp³-hybridized carbons (Fsp3) is 0.471. The summed E-state index contributed by atoms with van der Waals surface area (Å²) in [6.45, 7) is 6.45. The Morgan fingerprint density at radius 2 is 2.14 bits per heavy atom. The van der Waals surface area contributed by atoms with Crippen molar-refractivity contribution in [1.82, 2.24) is 15.2 Å². The molecule has 2 N–H and O–H groups in total. The van der Waals surface area contributed by atoms with Crippen LogP contribution in [0.25, 0.3) is 10.9 Å². The van der Waals surface area contributed by atoms with Crippen molar-refractivity contribution in [1.29, 1.82) is 0 Å². The number of aromatic nitrogens is 1. The Bertz CT molecular complexity index is 611. The van der Waals surface area contributed by atoms with Crippen LogP contribution in [0.15, 0.2) is 30.5 Å². The number of aromatic amines is 1. The molecule has 1 amide bonds. The van der Waals surface area contributed by atoms with Crippen LogP contribution in [0.5, 0.6) is 0 Å². The molecule has 0 radical (unpaired) electrons. The maximum absolute atomic E-state index is 12.2. The van der Waals surface area contributed by atoms with Gasteiger partial charge in [0.1, 0.15) is 0 Å². The van der Waals surface area contributed by atoms with Gasteiger partial charge in [0.25, 0.3) is 5.91 Å². The zero-order valence-corrected chi connectivity index (χ0v) is 12.6. The highest BCUT2D eigenvalue weighted by Crippen LogP contribution is 2.17. The molecule has 0 aliphatic carbocycles. The molecule has 2 heterocycles. The number of H-pyrrole nitrogens is 1. The van der Waals surface area contributed by atoms with Crippen molar-refractivity contribution in [2.45, 2.75) is 19.8 Å². The Kier molecular flexibility index (Phi) is 4.25. The molecule has 1 fully saturated rings. The van der Waals surface area contributed by atoms with E-state index in [0.717, 1.165) is 42.6 Å². The lowest BCUT2D eigenvalue weighted by Gasteiger charge is -2.31. The van der Waals surface area contributed by atoms with Gasteiger partial charge in [-0.15, -0.1) is 0 Å². The summed E-state index contributed by atoms with van der Waals surface area (Å²) in [6.07, 6.45) is 4.27. The highest BCUT2D eigenvalue weighted by Gasteiger charge is 2.18. The molecule has 1 aromatic carbocycles. The van der Waals surface area contributed by atoms with Crippen molar-refractivity contribution in [2.24, 2.45) is 5.92 Å². The largest absolute Gasteiger partial charge is 0.361 e. The van der Waals surface area contributed by atoms with E-state index in [1.807, 2.05) is 30.5 Å². The topological polar surface area (TPSA) is 48.1 Å². The number of carbonyl (C=O) groups is 1. The van der Waals surface area contributed by atoms with E-state index in [4.69, 9.17) is 0 Å². The molecule has 2 aromatic rings. The van der Waals surface area contributed by atoms with Gasteiger partial charge in [0, 0.05) is 29.2 Å². The first kappa shape index (κ1) is 14.1. The van der Waals surface area contributed by atoms with Crippen molar-refractivity contribution in [3.8, 4) is 0 Å². The molecule has 0 unspecified atom stereocenters. The number of hydrogen-bond acceptors (Lipinski definition) is 2. The summed E-state index contributed by atoms with van der Waals surface area (Å²) in [5.41, 5.74) is 1.81. The molecule has 21 heavy (non-hydrogen) atoms. The van der Waals surface area contributed by atoms with Crippen LogP contribution in [0.2, 0.25) is 0 Å². The number of likely N-dealkylation sites (tertiary alicyclic amines) is 1. The number of amides is 1. The zero-order chi connectivity index (χ0) is 14.7. The lowest BCUT2D eigenvalue weighted by atomic mass is 9.96. The number of carbonyl (C=O) groups excluding carboxylic acids is 1. The lowest BCUT2D eigenvalue weighted by molar-refractivity contribution is 0.0937. The first-order chi connectivity index (χ1) is 10.3. The average Bonchev–Trinajstić information content (AvgIpc) is 3.00. The van der Waals surface area contributed by atoms with Crippen LogP contribution in [0, 0.1) is 5.92 Å².